The molecule has 1 N–H and O–H groups in total. The fourth-order valence-corrected chi connectivity index (χ4v) is 2.32. The highest BCUT2D eigenvalue weighted by Crippen LogP contribution is 2.18. The molecular formula is C12H19N3O3. The summed E-state index contributed by atoms with van der Waals surface area (Å²) in [6, 6.07) is -0.0179. The Morgan fingerprint density at radius 3 is 3.06 bits per heavy atom. The second-order valence-corrected chi connectivity index (χ2v) is 4.65. The minimum absolute atomic E-state index is 0.0179. The lowest BCUT2D eigenvalue weighted by atomic mass is 10.0. The molecule has 1 fully saturated rings. The summed E-state index contributed by atoms with van der Waals surface area (Å²) in [5.41, 5.74) is 0. The molecule has 1 saturated heterocycles. The van der Waals surface area contributed by atoms with Crippen LogP contribution in [0.2, 0.25) is 0 Å². The Bertz CT molecular complexity index is 405. The number of aliphatic hydroxyl groups is 1. The summed E-state index contributed by atoms with van der Waals surface area (Å²) in [7, 11) is 0. The second kappa shape index (κ2) is 5.95. The first kappa shape index (κ1) is 13.0. The van der Waals surface area contributed by atoms with Gasteiger partial charge in [0.1, 0.15) is 0 Å². The molecule has 1 unspecified atom stereocenters. The highest BCUT2D eigenvalue weighted by Gasteiger charge is 2.25. The number of rotatable bonds is 4. The molecule has 0 aromatic carbocycles. The summed E-state index contributed by atoms with van der Waals surface area (Å²) in [6.45, 7) is 2.54. The van der Waals surface area contributed by atoms with Crippen molar-refractivity contribution in [1.82, 2.24) is 15.0 Å². The van der Waals surface area contributed by atoms with Gasteiger partial charge in [0.2, 0.25) is 11.8 Å². The molecular weight excluding hydrogens is 234 g/mol. The molecule has 6 nitrogen and oxygen atoms in total. The molecule has 100 valence electrons. The highest BCUT2D eigenvalue weighted by molar-refractivity contribution is 5.76. The van der Waals surface area contributed by atoms with Crippen molar-refractivity contribution in [3.05, 3.63) is 11.7 Å². The molecule has 2 heterocycles. The number of aliphatic hydroxyl groups excluding tert-OH is 1. The summed E-state index contributed by atoms with van der Waals surface area (Å²) >= 11 is 0. The van der Waals surface area contributed by atoms with Gasteiger partial charge >= 0.3 is 0 Å². The van der Waals surface area contributed by atoms with Crippen molar-refractivity contribution in [2.75, 3.05) is 13.2 Å². The molecule has 1 aromatic rings. The van der Waals surface area contributed by atoms with Crippen molar-refractivity contribution < 1.29 is 14.4 Å². The first-order valence-corrected chi connectivity index (χ1v) is 6.40. The van der Waals surface area contributed by atoms with Gasteiger partial charge in [-0.1, -0.05) is 5.16 Å². The summed E-state index contributed by atoms with van der Waals surface area (Å²) in [6.07, 6.45) is 3.81. The third-order valence-corrected chi connectivity index (χ3v) is 3.28. The van der Waals surface area contributed by atoms with E-state index in [1.165, 1.54) is 0 Å². The Morgan fingerprint density at radius 2 is 2.39 bits per heavy atom. The van der Waals surface area contributed by atoms with Gasteiger partial charge in [0, 0.05) is 19.4 Å². The van der Waals surface area contributed by atoms with Crippen LogP contribution in [-0.2, 0) is 11.2 Å². The maximum absolute atomic E-state index is 12.1. The normalized spacial score (nSPS) is 20.1. The number of hydrogen-bond acceptors (Lipinski definition) is 5. The Kier molecular flexibility index (Phi) is 4.30. The van der Waals surface area contributed by atoms with Crippen LogP contribution >= 0.6 is 0 Å². The zero-order valence-electron chi connectivity index (χ0n) is 10.6. The molecule has 1 aromatic heterocycles. The van der Waals surface area contributed by atoms with Gasteiger partial charge in [0.05, 0.1) is 12.6 Å². The average Bonchev–Trinajstić information content (AvgIpc) is 2.81. The van der Waals surface area contributed by atoms with Crippen LogP contribution in [0.25, 0.3) is 0 Å². The maximum atomic E-state index is 12.1. The lowest BCUT2D eigenvalue weighted by molar-refractivity contribution is -0.136. The van der Waals surface area contributed by atoms with Crippen LogP contribution in [0.4, 0.5) is 0 Å². The fourth-order valence-electron chi connectivity index (χ4n) is 2.32. The zero-order chi connectivity index (χ0) is 13.0. The van der Waals surface area contributed by atoms with Crippen LogP contribution in [0.5, 0.6) is 0 Å². The minimum Gasteiger partial charge on any atom is -0.394 e. The van der Waals surface area contributed by atoms with E-state index in [2.05, 4.69) is 10.1 Å². The Hall–Kier alpha value is -1.43. The van der Waals surface area contributed by atoms with Crippen molar-refractivity contribution >= 4 is 5.91 Å². The fraction of sp³-hybridized carbons (Fsp3) is 0.750. The highest BCUT2D eigenvalue weighted by atomic mass is 16.5. The number of aryl methyl sites for hydroxylation is 2. The maximum Gasteiger partial charge on any atom is 0.227 e. The molecule has 1 atom stereocenters. The number of nitrogens with zero attached hydrogens (tertiary/aromatic N) is 3. The van der Waals surface area contributed by atoms with E-state index in [9.17, 15) is 9.90 Å². The van der Waals surface area contributed by atoms with Gasteiger partial charge in [-0.25, -0.2) is 0 Å². The van der Waals surface area contributed by atoms with Crippen LogP contribution in [0.1, 0.15) is 37.4 Å². The molecule has 1 amide bonds. The second-order valence-electron chi connectivity index (χ2n) is 4.65. The van der Waals surface area contributed by atoms with Gasteiger partial charge in [0.15, 0.2) is 5.82 Å². The number of amides is 1. The van der Waals surface area contributed by atoms with Gasteiger partial charge in [-0.3, -0.25) is 4.79 Å². The third kappa shape index (κ3) is 3.07. The van der Waals surface area contributed by atoms with E-state index in [1.807, 2.05) is 0 Å². The number of carbonyl (C=O) groups is 1. The minimum atomic E-state index is -0.0179. The van der Waals surface area contributed by atoms with Crippen molar-refractivity contribution in [1.29, 1.82) is 0 Å². The molecule has 18 heavy (non-hydrogen) atoms. The molecule has 2 rings (SSSR count). The van der Waals surface area contributed by atoms with Crippen molar-refractivity contribution in [2.24, 2.45) is 0 Å². The van der Waals surface area contributed by atoms with Crippen molar-refractivity contribution in [3.8, 4) is 0 Å². The molecule has 1 aliphatic heterocycles. The van der Waals surface area contributed by atoms with Gasteiger partial charge < -0.3 is 14.5 Å². The predicted octanol–water partition coefficient (Wildman–Crippen LogP) is 0.684. The first-order chi connectivity index (χ1) is 8.70. The molecule has 6 heteroatoms. The monoisotopic (exact) mass is 253 g/mol. The van der Waals surface area contributed by atoms with Crippen LogP contribution in [0.15, 0.2) is 4.52 Å². The summed E-state index contributed by atoms with van der Waals surface area (Å²) in [4.78, 5) is 17.9. The number of carbonyl (C=O) groups excluding carboxylic acids is 1. The largest absolute Gasteiger partial charge is 0.394 e. The van der Waals surface area contributed by atoms with E-state index < -0.39 is 0 Å². The van der Waals surface area contributed by atoms with Gasteiger partial charge in [0.25, 0.3) is 0 Å². The Labute approximate surface area is 106 Å². The molecule has 0 spiro atoms. The van der Waals surface area contributed by atoms with Gasteiger partial charge in [-0.05, 0) is 26.2 Å². The molecule has 0 radical (unpaired) electrons. The molecule has 0 aliphatic carbocycles. The number of likely N-dealkylation sites (tertiary alicyclic amines) is 1. The molecule has 0 bridgehead atoms. The standard InChI is InChI=1S/C12H19N3O3/c1-9-13-11(18-14-9)5-6-12(17)15-7-3-2-4-10(15)8-16/h10,16H,2-8H2,1H3. The van der Waals surface area contributed by atoms with E-state index in [4.69, 9.17) is 4.52 Å². The lowest BCUT2D eigenvalue weighted by Gasteiger charge is -2.34. The van der Waals surface area contributed by atoms with E-state index in [0.717, 1.165) is 25.8 Å². The third-order valence-electron chi connectivity index (χ3n) is 3.28. The van der Waals surface area contributed by atoms with E-state index in [1.54, 1.807) is 11.8 Å². The summed E-state index contributed by atoms with van der Waals surface area (Å²) in [5.74, 6) is 1.15. The number of piperidine rings is 1. The van der Waals surface area contributed by atoms with Crippen LogP contribution in [0.3, 0.4) is 0 Å². The summed E-state index contributed by atoms with van der Waals surface area (Å²) in [5, 5.41) is 13.0. The van der Waals surface area contributed by atoms with Crippen LogP contribution < -0.4 is 0 Å². The number of aromatic nitrogens is 2. The Balaban J connectivity index is 1.86. The summed E-state index contributed by atoms with van der Waals surface area (Å²) < 4.78 is 4.97. The van der Waals surface area contributed by atoms with E-state index in [-0.39, 0.29) is 18.6 Å². The first-order valence-electron chi connectivity index (χ1n) is 6.40. The van der Waals surface area contributed by atoms with E-state index >= 15 is 0 Å². The van der Waals surface area contributed by atoms with Gasteiger partial charge in [-0.15, -0.1) is 0 Å². The van der Waals surface area contributed by atoms with Crippen LogP contribution in [-0.4, -0.2) is 45.2 Å². The average molecular weight is 253 g/mol. The quantitative estimate of drug-likeness (QED) is 0.853. The van der Waals surface area contributed by atoms with Gasteiger partial charge in [-0.2, -0.15) is 4.98 Å². The smallest absolute Gasteiger partial charge is 0.227 e. The van der Waals surface area contributed by atoms with Crippen LogP contribution in [0, 0.1) is 6.92 Å². The predicted molar refractivity (Wildman–Crippen MR) is 63.8 cm³/mol. The Morgan fingerprint density at radius 1 is 1.56 bits per heavy atom. The van der Waals surface area contributed by atoms with Crippen molar-refractivity contribution in [2.45, 2.75) is 45.1 Å². The SMILES string of the molecule is Cc1noc(CCC(=O)N2CCCCC2CO)n1. The van der Waals surface area contributed by atoms with Crippen molar-refractivity contribution in [3.63, 3.8) is 0 Å². The topological polar surface area (TPSA) is 79.5 Å². The zero-order valence-corrected chi connectivity index (χ0v) is 10.6. The number of hydrogen-bond donors (Lipinski definition) is 1. The lowest BCUT2D eigenvalue weighted by Crippen LogP contribution is -2.45. The van der Waals surface area contributed by atoms with E-state index in [0.29, 0.717) is 24.6 Å². The molecule has 0 saturated carbocycles. The molecule has 1 aliphatic rings.